The number of nitrogens with two attached hydrogens (primary N) is 1. The number of aromatic nitrogens is 3. The van der Waals surface area contributed by atoms with Gasteiger partial charge in [-0.3, -0.25) is 9.36 Å². The van der Waals surface area contributed by atoms with E-state index in [4.69, 9.17) is 5.73 Å². The van der Waals surface area contributed by atoms with Crippen LogP contribution >= 0.6 is 11.8 Å². The summed E-state index contributed by atoms with van der Waals surface area (Å²) in [6.45, 7) is 4.61. The summed E-state index contributed by atoms with van der Waals surface area (Å²) in [6.07, 6.45) is 0. The molecule has 0 aliphatic rings. The van der Waals surface area contributed by atoms with E-state index in [0.29, 0.717) is 11.7 Å². The van der Waals surface area contributed by atoms with Gasteiger partial charge in [0.1, 0.15) is 0 Å². The summed E-state index contributed by atoms with van der Waals surface area (Å²) in [5.74, 6) is 0.546. The number of thioether (sulfide) groups is 1. The van der Waals surface area contributed by atoms with Gasteiger partial charge in [-0.25, -0.2) is 0 Å². The van der Waals surface area contributed by atoms with E-state index in [2.05, 4.69) is 34.6 Å². The fraction of sp³-hybridized carbons (Fsp3) is 0.211. The minimum atomic E-state index is -0.382. The molecule has 0 aliphatic carbocycles. The maximum Gasteiger partial charge on any atom is 0.227 e. The quantitative estimate of drug-likeness (QED) is 0.627. The Balaban J connectivity index is 1.87. The molecule has 3 rings (SSSR count). The SMILES string of the molecule is Cc1ccc(NCc2nnc(SCC(N)=O)n2-c2ccc(C)cc2)cc1. The predicted molar refractivity (Wildman–Crippen MR) is 105 cm³/mol. The molecule has 0 unspecified atom stereocenters. The number of aryl methyl sites for hydroxylation is 2. The second-order valence-corrected chi connectivity index (χ2v) is 6.99. The van der Waals surface area contributed by atoms with Crippen molar-refractivity contribution in [3.05, 3.63) is 65.5 Å². The number of primary amides is 1. The van der Waals surface area contributed by atoms with E-state index in [9.17, 15) is 4.79 Å². The minimum Gasteiger partial charge on any atom is -0.378 e. The Hall–Kier alpha value is -2.80. The van der Waals surface area contributed by atoms with Crippen LogP contribution in [0.3, 0.4) is 0 Å². The first-order chi connectivity index (χ1) is 12.5. The maximum absolute atomic E-state index is 11.1. The molecule has 2 aromatic carbocycles. The summed E-state index contributed by atoms with van der Waals surface area (Å²) in [5, 5.41) is 12.6. The molecule has 3 aromatic rings. The average Bonchev–Trinajstić information content (AvgIpc) is 3.03. The molecule has 0 saturated heterocycles. The lowest BCUT2D eigenvalue weighted by atomic mass is 10.2. The number of benzene rings is 2. The third-order valence-corrected chi connectivity index (χ3v) is 4.79. The lowest BCUT2D eigenvalue weighted by Gasteiger charge is -2.11. The van der Waals surface area contributed by atoms with Crippen molar-refractivity contribution in [1.82, 2.24) is 14.8 Å². The highest BCUT2D eigenvalue weighted by Crippen LogP contribution is 2.23. The van der Waals surface area contributed by atoms with Crippen LogP contribution in [0.2, 0.25) is 0 Å². The predicted octanol–water partition coefficient (Wildman–Crippen LogP) is 3.07. The van der Waals surface area contributed by atoms with Gasteiger partial charge in [0.25, 0.3) is 0 Å². The molecule has 0 saturated carbocycles. The van der Waals surface area contributed by atoms with E-state index in [0.717, 1.165) is 17.2 Å². The fourth-order valence-corrected chi connectivity index (χ4v) is 3.16. The molecule has 26 heavy (non-hydrogen) atoms. The number of anilines is 1. The van der Waals surface area contributed by atoms with Crippen LogP contribution in [0.25, 0.3) is 5.69 Å². The average molecular weight is 367 g/mol. The Labute approximate surface area is 156 Å². The summed E-state index contributed by atoms with van der Waals surface area (Å²) in [6, 6.07) is 16.3. The molecule has 0 aliphatic heterocycles. The normalized spacial score (nSPS) is 10.7. The maximum atomic E-state index is 11.1. The number of hydrogen-bond donors (Lipinski definition) is 2. The van der Waals surface area contributed by atoms with Crippen LogP contribution in [-0.2, 0) is 11.3 Å². The zero-order valence-electron chi connectivity index (χ0n) is 14.8. The van der Waals surface area contributed by atoms with Crippen LogP contribution in [0.1, 0.15) is 17.0 Å². The number of nitrogens with zero attached hydrogens (tertiary/aromatic N) is 3. The third kappa shape index (κ3) is 4.43. The first-order valence-corrected chi connectivity index (χ1v) is 9.24. The standard InChI is InChI=1S/C19H21N5OS/c1-13-3-7-15(8-4-13)21-11-18-22-23-19(26-12-17(20)25)24(18)16-9-5-14(2)6-10-16/h3-10,21H,11-12H2,1-2H3,(H2,20,25). The van der Waals surface area contributed by atoms with E-state index >= 15 is 0 Å². The van der Waals surface area contributed by atoms with Crippen LogP contribution in [-0.4, -0.2) is 26.4 Å². The van der Waals surface area contributed by atoms with Crippen molar-refractivity contribution in [3.8, 4) is 5.69 Å². The smallest absolute Gasteiger partial charge is 0.227 e. The Bertz CT molecular complexity index is 887. The van der Waals surface area contributed by atoms with Gasteiger partial charge in [0.2, 0.25) is 5.91 Å². The molecule has 1 amide bonds. The van der Waals surface area contributed by atoms with Crippen LogP contribution in [0, 0.1) is 13.8 Å². The summed E-state index contributed by atoms with van der Waals surface area (Å²) in [5.41, 5.74) is 9.62. The topological polar surface area (TPSA) is 85.8 Å². The van der Waals surface area contributed by atoms with Crippen LogP contribution < -0.4 is 11.1 Å². The highest BCUT2D eigenvalue weighted by Gasteiger charge is 2.15. The van der Waals surface area contributed by atoms with Gasteiger partial charge in [0.05, 0.1) is 12.3 Å². The highest BCUT2D eigenvalue weighted by atomic mass is 32.2. The summed E-state index contributed by atoms with van der Waals surface area (Å²) in [4.78, 5) is 11.1. The summed E-state index contributed by atoms with van der Waals surface area (Å²) in [7, 11) is 0. The molecule has 7 heteroatoms. The third-order valence-electron chi connectivity index (χ3n) is 3.84. The van der Waals surface area contributed by atoms with Crippen molar-refractivity contribution in [1.29, 1.82) is 0 Å². The van der Waals surface area contributed by atoms with Crippen molar-refractivity contribution >= 4 is 23.4 Å². The van der Waals surface area contributed by atoms with Gasteiger partial charge < -0.3 is 11.1 Å². The lowest BCUT2D eigenvalue weighted by molar-refractivity contribution is -0.115. The molecule has 6 nitrogen and oxygen atoms in total. The molecular formula is C19H21N5OS. The van der Waals surface area contributed by atoms with Gasteiger partial charge in [0.15, 0.2) is 11.0 Å². The first-order valence-electron chi connectivity index (χ1n) is 8.26. The minimum absolute atomic E-state index is 0.162. The zero-order chi connectivity index (χ0) is 18.5. The van der Waals surface area contributed by atoms with E-state index < -0.39 is 0 Å². The van der Waals surface area contributed by atoms with Crippen molar-refractivity contribution in [3.63, 3.8) is 0 Å². The molecular weight excluding hydrogens is 346 g/mol. The second-order valence-electron chi connectivity index (χ2n) is 6.04. The Kier molecular flexibility index (Phi) is 5.58. The molecule has 0 spiro atoms. The van der Waals surface area contributed by atoms with Crippen molar-refractivity contribution in [2.75, 3.05) is 11.1 Å². The van der Waals surface area contributed by atoms with Gasteiger partial charge >= 0.3 is 0 Å². The highest BCUT2D eigenvalue weighted by molar-refractivity contribution is 7.99. The van der Waals surface area contributed by atoms with E-state index in [1.165, 1.54) is 22.9 Å². The molecule has 0 radical (unpaired) electrons. The first kappa shape index (κ1) is 18.0. The fourth-order valence-electron chi connectivity index (χ4n) is 2.45. The molecule has 0 bridgehead atoms. The zero-order valence-corrected chi connectivity index (χ0v) is 15.6. The monoisotopic (exact) mass is 367 g/mol. The van der Waals surface area contributed by atoms with E-state index in [-0.39, 0.29) is 11.7 Å². The molecule has 0 atom stereocenters. The number of rotatable bonds is 7. The van der Waals surface area contributed by atoms with E-state index in [1.54, 1.807) is 0 Å². The summed E-state index contributed by atoms with van der Waals surface area (Å²) < 4.78 is 1.95. The Morgan fingerprint density at radius 2 is 1.65 bits per heavy atom. The Morgan fingerprint density at radius 3 is 2.27 bits per heavy atom. The van der Waals surface area contributed by atoms with Gasteiger partial charge in [-0.2, -0.15) is 0 Å². The van der Waals surface area contributed by atoms with Crippen LogP contribution in [0.4, 0.5) is 5.69 Å². The molecule has 1 aromatic heterocycles. The van der Waals surface area contributed by atoms with E-state index in [1.807, 2.05) is 47.9 Å². The van der Waals surface area contributed by atoms with Crippen molar-refractivity contribution in [2.45, 2.75) is 25.5 Å². The number of nitrogens with one attached hydrogen (secondary N) is 1. The Morgan fingerprint density at radius 1 is 1.04 bits per heavy atom. The second kappa shape index (κ2) is 8.05. The number of hydrogen-bond acceptors (Lipinski definition) is 5. The lowest BCUT2D eigenvalue weighted by Crippen LogP contribution is -2.14. The number of carbonyl (C=O) groups is 1. The van der Waals surface area contributed by atoms with Crippen LogP contribution in [0.5, 0.6) is 0 Å². The van der Waals surface area contributed by atoms with Gasteiger partial charge in [-0.1, -0.05) is 47.2 Å². The molecule has 1 heterocycles. The summed E-state index contributed by atoms with van der Waals surface area (Å²) >= 11 is 1.29. The van der Waals surface area contributed by atoms with Crippen molar-refractivity contribution in [2.24, 2.45) is 5.73 Å². The number of amides is 1. The van der Waals surface area contributed by atoms with Crippen molar-refractivity contribution < 1.29 is 4.79 Å². The molecule has 134 valence electrons. The largest absolute Gasteiger partial charge is 0.378 e. The molecule has 3 N–H and O–H groups in total. The van der Waals surface area contributed by atoms with Crippen LogP contribution in [0.15, 0.2) is 53.7 Å². The van der Waals surface area contributed by atoms with Gasteiger partial charge in [0, 0.05) is 11.4 Å². The number of carbonyl (C=O) groups excluding carboxylic acids is 1. The van der Waals surface area contributed by atoms with Gasteiger partial charge in [-0.15, -0.1) is 10.2 Å². The molecule has 0 fully saturated rings. The van der Waals surface area contributed by atoms with Gasteiger partial charge in [-0.05, 0) is 38.1 Å².